The summed E-state index contributed by atoms with van der Waals surface area (Å²) in [4.78, 5) is 14.8. The van der Waals surface area contributed by atoms with E-state index in [-0.39, 0.29) is 30.8 Å². The average Bonchev–Trinajstić information content (AvgIpc) is 3.15. The van der Waals surface area contributed by atoms with E-state index >= 15 is 0 Å². The number of rotatable bonds is 3. The quantitative estimate of drug-likeness (QED) is 0.799. The van der Waals surface area contributed by atoms with Gasteiger partial charge in [0.25, 0.3) is 0 Å². The van der Waals surface area contributed by atoms with Crippen LogP contribution in [0.2, 0.25) is 0 Å². The maximum Gasteiger partial charge on any atom is 0.322 e. The molecule has 1 aromatic carbocycles. The number of sulfone groups is 1. The number of benzene rings is 1. The van der Waals surface area contributed by atoms with Gasteiger partial charge in [0, 0.05) is 13.1 Å². The molecule has 0 unspecified atom stereocenters. The van der Waals surface area contributed by atoms with E-state index in [1.165, 1.54) is 0 Å². The first-order valence-electron chi connectivity index (χ1n) is 10.7. The third-order valence-electron chi connectivity index (χ3n) is 6.42. The zero-order valence-electron chi connectivity index (χ0n) is 17.7. The van der Waals surface area contributed by atoms with E-state index in [4.69, 9.17) is 0 Å². The smallest absolute Gasteiger partial charge is 0.322 e. The van der Waals surface area contributed by atoms with Crippen LogP contribution in [-0.4, -0.2) is 52.7 Å². The van der Waals surface area contributed by atoms with Crippen LogP contribution in [0, 0.1) is 0 Å². The van der Waals surface area contributed by atoms with Crippen LogP contribution in [-0.2, 0) is 9.84 Å². The molecule has 30 heavy (non-hydrogen) atoms. The Labute approximate surface area is 178 Å². The SMILES string of the molecule is CC(C)c1c(NC(=O)N2CCS(=O)(=O)C3(CCCCC3)C2)cnn1-c1ccccc1. The molecule has 1 aromatic heterocycles. The van der Waals surface area contributed by atoms with Crippen molar-refractivity contribution in [3.63, 3.8) is 0 Å². The van der Waals surface area contributed by atoms with Crippen LogP contribution in [0.5, 0.6) is 0 Å². The Morgan fingerprint density at radius 3 is 2.50 bits per heavy atom. The van der Waals surface area contributed by atoms with E-state index in [1.807, 2.05) is 35.0 Å². The largest absolute Gasteiger partial charge is 0.322 e. The van der Waals surface area contributed by atoms with Crippen molar-refractivity contribution in [2.24, 2.45) is 0 Å². The van der Waals surface area contributed by atoms with Crippen LogP contribution in [0.3, 0.4) is 0 Å². The third-order valence-corrected chi connectivity index (χ3v) is 8.99. The van der Waals surface area contributed by atoms with Crippen LogP contribution in [0.1, 0.15) is 57.6 Å². The minimum Gasteiger partial charge on any atom is -0.322 e. The van der Waals surface area contributed by atoms with Crippen molar-refractivity contribution in [2.45, 2.75) is 56.6 Å². The predicted octanol–water partition coefficient (Wildman–Crippen LogP) is 3.96. The van der Waals surface area contributed by atoms with Gasteiger partial charge in [-0.15, -0.1) is 0 Å². The third kappa shape index (κ3) is 3.73. The molecule has 1 aliphatic carbocycles. The van der Waals surface area contributed by atoms with Gasteiger partial charge in [-0.25, -0.2) is 17.9 Å². The molecule has 2 aliphatic rings. The molecule has 0 atom stereocenters. The van der Waals surface area contributed by atoms with E-state index in [0.717, 1.165) is 30.6 Å². The Balaban J connectivity index is 1.56. The number of urea groups is 1. The summed E-state index contributed by atoms with van der Waals surface area (Å²) >= 11 is 0. The number of carbonyl (C=O) groups is 1. The molecule has 7 nitrogen and oxygen atoms in total. The van der Waals surface area contributed by atoms with Crippen molar-refractivity contribution in [2.75, 3.05) is 24.2 Å². The van der Waals surface area contributed by atoms with Gasteiger partial charge in [0.2, 0.25) is 0 Å². The number of carbonyl (C=O) groups excluding carboxylic acids is 1. The Bertz CT molecular complexity index is 1010. The number of para-hydroxylation sites is 1. The molecule has 1 N–H and O–H groups in total. The maximum atomic E-state index is 13.1. The summed E-state index contributed by atoms with van der Waals surface area (Å²) < 4.78 is 26.7. The second kappa shape index (κ2) is 8.06. The molecule has 162 valence electrons. The van der Waals surface area contributed by atoms with Gasteiger partial charge < -0.3 is 10.2 Å². The summed E-state index contributed by atoms with van der Waals surface area (Å²) in [7, 11) is -3.18. The summed E-state index contributed by atoms with van der Waals surface area (Å²) in [5, 5.41) is 7.51. The fraction of sp³-hybridized carbons (Fsp3) is 0.545. The molecule has 4 rings (SSSR count). The summed E-state index contributed by atoms with van der Waals surface area (Å²) in [6.45, 7) is 4.65. The molecule has 2 aromatic rings. The van der Waals surface area contributed by atoms with Gasteiger partial charge in [0.15, 0.2) is 9.84 Å². The second-order valence-corrected chi connectivity index (χ2v) is 11.3. The Kier molecular flexibility index (Phi) is 5.61. The van der Waals surface area contributed by atoms with Crippen molar-refractivity contribution >= 4 is 21.6 Å². The predicted molar refractivity (Wildman–Crippen MR) is 118 cm³/mol. The van der Waals surface area contributed by atoms with Crippen molar-refractivity contribution in [1.29, 1.82) is 0 Å². The van der Waals surface area contributed by atoms with E-state index in [1.54, 1.807) is 11.1 Å². The van der Waals surface area contributed by atoms with Gasteiger partial charge in [-0.2, -0.15) is 5.10 Å². The summed E-state index contributed by atoms with van der Waals surface area (Å²) in [6, 6.07) is 9.58. The highest BCUT2D eigenvalue weighted by Crippen LogP contribution is 2.39. The van der Waals surface area contributed by atoms with Crippen molar-refractivity contribution in [3.05, 3.63) is 42.2 Å². The lowest BCUT2D eigenvalue weighted by Gasteiger charge is -2.44. The highest BCUT2D eigenvalue weighted by Gasteiger charge is 2.49. The molecule has 2 amide bonds. The molecule has 2 fully saturated rings. The standard InChI is InChI=1S/C22H30N4O3S/c1-17(2)20-19(15-23-26(20)18-9-5-3-6-10-18)24-21(27)25-13-14-30(28,29)22(16-25)11-7-4-8-12-22/h3,5-6,9-10,15,17H,4,7-8,11-14,16H2,1-2H3,(H,24,27). The Hall–Kier alpha value is -2.35. The summed E-state index contributed by atoms with van der Waals surface area (Å²) in [5.74, 6) is 0.190. The lowest BCUT2D eigenvalue weighted by molar-refractivity contribution is 0.193. The van der Waals surface area contributed by atoms with Gasteiger partial charge in [0.05, 0.1) is 33.8 Å². The van der Waals surface area contributed by atoms with Crippen LogP contribution in [0.25, 0.3) is 5.69 Å². The molecule has 0 bridgehead atoms. The fourth-order valence-corrected chi connectivity index (χ4v) is 6.95. The fourth-order valence-electron chi connectivity index (χ4n) is 4.79. The molecule has 1 aliphatic heterocycles. The number of anilines is 1. The Morgan fingerprint density at radius 2 is 1.83 bits per heavy atom. The van der Waals surface area contributed by atoms with Crippen LogP contribution in [0.4, 0.5) is 10.5 Å². The van der Waals surface area contributed by atoms with Gasteiger partial charge in [-0.3, -0.25) is 0 Å². The van der Waals surface area contributed by atoms with Crippen LogP contribution in [0.15, 0.2) is 36.5 Å². The minimum atomic E-state index is -3.18. The van der Waals surface area contributed by atoms with Crippen molar-refractivity contribution in [3.8, 4) is 5.69 Å². The highest BCUT2D eigenvalue weighted by atomic mass is 32.2. The molecule has 1 saturated heterocycles. The van der Waals surface area contributed by atoms with Crippen LogP contribution >= 0.6 is 0 Å². The number of hydrogen-bond acceptors (Lipinski definition) is 4. The lowest BCUT2D eigenvalue weighted by atomic mass is 9.87. The minimum absolute atomic E-state index is 0.0424. The molecule has 1 spiro atoms. The van der Waals surface area contributed by atoms with E-state index in [9.17, 15) is 13.2 Å². The topological polar surface area (TPSA) is 84.3 Å². The van der Waals surface area contributed by atoms with Gasteiger partial charge >= 0.3 is 6.03 Å². The average molecular weight is 431 g/mol. The first-order chi connectivity index (χ1) is 14.3. The highest BCUT2D eigenvalue weighted by molar-refractivity contribution is 7.92. The number of hydrogen-bond donors (Lipinski definition) is 1. The van der Waals surface area contributed by atoms with Gasteiger partial charge in [-0.1, -0.05) is 51.3 Å². The van der Waals surface area contributed by atoms with Crippen molar-refractivity contribution < 1.29 is 13.2 Å². The molecular formula is C22H30N4O3S. The molecule has 2 heterocycles. The zero-order chi connectivity index (χ0) is 21.4. The lowest BCUT2D eigenvalue weighted by Crippen LogP contribution is -2.59. The number of nitrogens with zero attached hydrogens (tertiary/aromatic N) is 3. The monoisotopic (exact) mass is 430 g/mol. The van der Waals surface area contributed by atoms with Gasteiger partial charge in [0.1, 0.15) is 0 Å². The molecular weight excluding hydrogens is 400 g/mol. The molecule has 0 radical (unpaired) electrons. The van der Waals surface area contributed by atoms with E-state index in [2.05, 4.69) is 24.3 Å². The zero-order valence-corrected chi connectivity index (χ0v) is 18.5. The molecule has 1 saturated carbocycles. The van der Waals surface area contributed by atoms with E-state index < -0.39 is 14.6 Å². The van der Waals surface area contributed by atoms with E-state index in [0.29, 0.717) is 18.5 Å². The summed E-state index contributed by atoms with van der Waals surface area (Å²) in [6.07, 6.45) is 5.88. The number of amides is 2. The first kappa shape index (κ1) is 20.9. The molecule has 8 heteroatoms. The Morgan fingerprint density at radius 1 is 1.13 bits per heavy atom. The second-order valence-electron chi connectivity index (χ2n) is 8.76. The normalized spacial score (nSPS) is 20.4. The first-order valence-corrected chi connectivity index (χ1v) is 12.4. The summed E-state index contributed by atoms with van der Waals surface area (Å²) in [5.41, 5.74) is 2.53. The number of nitrogens with one attached hydrogen (secondary N) is 1. The van der Waals surface area contributed by atoms with Gasteiger partial charge in [-0.05, 0) is 30.9 Å². The number of aromatic nitrogens is 2. The van der Waals surface area contributed by atoms with Crippen molar-refractivity contribution in [1.82, 2.24) is 14.7 Å². The van der Waals surface area contributed by atoms with Crippen LogP contribution < -0.4 is 5.32 Å². The maximum absolute atomic E-state index is 13.1.